The summed E-state index contributed by atoms with van der Waals surface area (Å²) in [5.74, 6) is 1.52. The fourth-order valence-electron chi connectivity index (χ4n) is 1.46. The van der Waals surface area contributed by atoms with Crippen molar-refractivity contribution >= 4 is 15.9 Å². The van der Waals surface area contributed by atoms with E-state index in [4.69, 9.17) is 10.2 Å². The van der Waals surface area contributed by atoms with E-state index in [1.54, 1.807) is 6.26 Å². The summed E-state index contributed by atoms with van der Waals surface area (Å²) in [6.07, 6.45) is 2.72. The van der Waals surface area contributed by atoms with E-state index in [9.17, 15) is 0 Å². The summed E-state index contributed by atoms with van der Waals surface area (Å²) in [5, 5.41) is 0. The second kappa shape index (κ2) is 6.42. The number of nitrogens with two attached hydrogens (primary N) is 1. The number of furan rings is 1. The Hall–Kier alpha value is -0.320. The molecule has 1 rings (SSSR count). The van der Waals surface area contributed by atoms with Crippen LogP contribution in [0, 0.1) is 5.92 Å². The van der Waals surface area contributed by atoms with Crippen LogP contribution in [-0.2, 0) is 6.54 Å². The Balaban J connectivity index is 2.31. The van der Waals surface area contributed by atoms with Crippen molar-refractivity contribution in [3.8, 4) is 0 Å². The highest BCUT2D eigenvalue weighted by molar-refractivity contribution is 9.10. The van der Waals surface area contributed by atoms with Crippen molar-refractivity contribution in [3.63, 3.8) is 0 Å². The van der Waals surface area contributed by atoms with Crippen molar-refractivity contribution in [2.24, 2.45) is 11.7 Å². The van der Waals surface area contributed by atoms with Crippen LogP contribution in [0.4, 0.5) is 0 Å². The zero-order valence-electron chi connectivity index (χ0n) is 10.2. The third-order valence-corrected chi connectivity index (χ3v) is 3.51. The van der Waals surface area contributed by atoms with Crippen LogP contribution < -0.4 is 5.73 Å². The zero-order chi connectivity index (χ0) is 12.1. The third-order valence-electron chi connectivity index (χ3n) is 2.81. The van der Waals surface area contributed by atoms with Gasteiger partial charge in [0.25, 0.3) is 0 Å². The molecule has 4 heteroatoms. The van der Waals surface area contributed by atoms with E-state index in [0.29, 0.717) is 5.92 Å². The number of hydrogen-bond acceptors (Lipinski definition) is 3. The predicted octanol–water partition coefficient (Wildman–Crippen LogP) is 2.85. The molecule has 16 heavy (non-hydrogen) atoms. The van der Waals surface area contributed by atoms with Gasteiger partial charge in [-0.2, -0.15) is 0 Å². The molecular weight excluding hydrogens is 268 g/mol. The molecule has 1 atom stereocenters. The molecule has 0 aliphatic heterocycles. The van der Waals surface area contributed by atoms with Crippen LogP contribution in [0.3, 0.4) is 0 Å². The van der Waals surface area contributed by atoms with E-state index in [-0.39, 0.29) is 6.04 Å². The molecule has 0 bridgehead atoms. The standard InChI is InChI=1S/C12H21BrN2O/c1-9(2)11(14)4-6-15(3)8-12-10(13)5-7-16-12/h5,7,9,11H,4,6,8,14H2,1-3H3. The Morgan fingerprint density at radius 2 is 2.19 bits per heavy atom. The summed E-state index contributed by atoms with van der Waals surface area (Å²) < 4.78 is 6.40. The lowest BCUT2D eigenvalue weighted by Gasteiger charge is -2.20. The van der Waals surface area contributed by atoms with E-state index in [2.05, 4.69) is 41.7 Å². The normalized spacial score (nSPS) is 13.7. The van der Waals surface area contributed by atoms with Gasteiger partial charge in [-0.05, 0) is 47.9 Å². The molecule has 0 amide bonds. The number of nitrogens with zero attached hydrogens (tertiary/aromatic N) is 1. The minimum Gasteiger partial charge on any atom is -0.467 e. The molecule has 0 spiro atoms. The molecule has 2 N–H and O–H groups in total. The predicted molar refractivity (Wildman–Crippen MR) is 70.2 cm³/mol. The van der Waals surface area contributed by atoms with E-state index < -0.39 is 0 Å². The van der Waals surface area contributed by atoms with Crippen molar-refractivity contribution < 1.29 is 4.42 Å². The largest absolute Gasteiger partial charge is 0.467 e. The Bertz CT molecular complexity index is 312. The quantitative estimate of drug-likeness (QED) is 0.875. The lowest BCUT2D eigenvalue weighted by atomic mass is 10.0. The van der Waals surface area contributed by atoms with E-state index >= 15 is 0 Å². The van der Waals surface area contributed by atoms with Crippen LogP contribution in [0.15, 0.2) is 21.2 Å². The van der Waals surface area contributed by atoms with Gasteiger partial charge in [0.15, 0.2) is 0 Å². The maximum Gasteiger partial charge on any atom is 0.131 e. The molecule has 1 heterocycles. The SMILES string of the molecule is CC(C)C(N)CCN(C)Cc1occc1Br. The van der Waals surface area contributed by atoms with Gasteiger partial charge < -0.3 is 10.2 Å². The Morgan fingerprint density at radius 3 is 2.69 bits per heavy atom. The topological polar surface area (TPSA) is 42.4 Å². The van der Waals surface area contributed by atoms with Crippen LogP contribution in [0.5, 0.6) is 0 Å². The summed E-state index contributed by atoms with van der Waals surface area (Å²) >= 11 is 3.45. The highest BCUT2D eigenvalue weighted by Crippen LogP contribution is 2.19. The molecule has 1 aromatic rings. The molecule has 0 aromatic carbocycles. The van der Waals surface area contributed by atoms with Gasteiger partial charge in [-0.25, -0.2) is 0 Å². The first-order chi connectivity index (χ1) is 7.50. The summed E-state index contributed by atoms with van der Waals surface area (Å²) in [5.41, 5.74) is 6.01. The highest BCUT2D eigenvalue weighted by atomic mass is 79.9. The van der Waals surface area contributed by atoms with Crippen LogP contribution in [0.2, 0.25) is 0 Å². The van der Waals surface area contributed by atoms with Crippen LogP contribution >= 0.6 is 15.9 Å². The average Bonchev–Trinajstić information content (AvgIpc) is 2.60. The van der Waals surface area contributed by atoms with Crippen molar-refractivity contribution in [1.29, 1.82) is 0 Å². The second-order valence-corrected chi connectivity index (χ2v) is 5.48. The highest BCUT2D eigenvalue weighted by Gasteiger charge is 2.11. The number of hydrogen-bond donors (Lipinski definition) is 1. The smallest absolute Gasteiger partial charge is 0.131 e. The fraction of sp³-hybridized carbons (Fsp3) is 0.667. The summed E-state index contributed by atoms with van der Waals surface area (Å²) in [4.78, 5) is 2.23. The molecular formula is C12H21BrN2O. The van der Waals surface area contributed by atoms with E-state index in [1.165, 1.54) is 0 Å². The lowest BCUT2D eigenvalue weighted by Crippen LogP contribution is -2.31. The average molecular weight is 289 g/mol. The van der Waals surface area contributed by atoms with Gasteiger partial charge in [-0.3, -0.25) is 4.90 Å². The summed E-state index contributed by atoms with van der Waals surface area (Å²) in [7, 11) is 2.09. The molecule has 1 unspecified atom stereocenters. The van der Waals surface area contributed by atoms with E-state index in [1.807, 2.05) is 6.07 Å². The van der Waals surface area contributed by atoms with Gasteiger partial charge in [0.2, 0.25) is 0 Å². The molecule has 0 saturated heterocycles. The number of rotatable bonds is 6. The zero-order valence-corrected chi connectivity index (χ0v) is 11.8. The van der Waals surface area contributed by atoms with E-state index in [0.717, 1.165) is 29.7 Å². The third kappa shape index (κ3) is 4.28. The van der Waals surface area contributed by atoms with Crippen molar-refractivity contribution in [2.45, 2.75) is 32.9 Å². The van der Waals surface area contributed by atoms with Crippen LogP contribution in [0.1, 0.15) is 26.0 Å². The first-order valence-corrected chi connectivity index (χ1v) is 6.46. The van der Waals surface area contributed by atoms with Gasteiger partial charge in [0, 0.05) is 6.04 Å². The van der Waals surface area contributed by atoms with Crippen LogP contribution in [-0.4, -0.2) is 24.5 Å². The second-order valence-electron chi connectivity index (χ2n) is 4.63. The van der Waals surface area contributed by atoms with Gasteiger partial charge in [-0.1, -0.05) is 13.8 Å². The van der Waals surface area contributed by atoms with Crippen molar-refractivity contribution in [2.75, 3.05) is 13.6 Å². The lowest BCUT2D eigenvalue weighted by molar-refractivity contribution is 0.273. The molecule has 1 aromatic heterocycles. The number of halogens is 1. The minimum atomic E-state index is 0.280. The van der Waals surface area contributed by atoms with Gasteiger partial charge in [0.05, 0.1) is 17.3 Å². The van der Waals surface area contributed by atoms with Gasteiger partial charge in [-0.15, -0.1) is 0 Å². The molecule has 0 radical (unpaired) electrons. The first-order valence-electron chi connectivity index (χ1n) is 5.66. The maximum atomic E-state index is 6.01. The molecule has 0 aliphatic carbocycles. The van der Waals surface area contributed by atoms with Crippen molar-refractivity contribution in [1.82, 2.24) is 4.90 Å². The molecule has 0 fully saturated rings. The summed E-state index contributed by atoms with van der Waals surface area (Å²) in [6.45, 7) is 6.13. The van der Waals surface area contributed by atoms with Gasteiger partial charge >= 0.3 is 0 Å². The fourth-order valence-corrected chi connectivity index (χ4v) is 1.79. The van der Waals surface area contributed by atoms with Crippen LogP contribution in [0.25, 0.3) is 0 Å². The Labute approximate surface area is 106 Å². The van der Waals surface area contributed by atoms with Gasteiger partial charge in [0.1, 0.15) is 5.76 Å². The molecule has 3 nitrogen and oxygen atoms in total. The minimum absolute atomic E-state index is 0.280. The monoisotopic (exact) mass is 288 g/mol. The first kappa shape index (κ1) is 13.7. The molecule has 0 saturated carbocycles. The Kier molecular flexibility index (Phi) is 5.52. The summed E-state index contributed by atoms with van der Waals surface area (Å²) in [6, 6.07) is 2.20. The molecule has 0 aliphatic rings. The Morgan fingerprint density at radius 1 is 1.50 bits per heavy atom. The van der Waals surface area contributed by atoms with Crippen molar-refractivity contribution in [3.05, 3.63) is 22.6 Å². The molecule has 92 valence electrons. The maximum absolute atomic E-state index is 6.01.